The van der Waals surface area contributed by atoms with Gasteiger partial charge in [-0.2, -0.15) is 0 Å². The number of thioether (sulfide) groups is 2. The van der Waals surface area contributed by atoms with Crippen LogP contribution < -0.4 is 5.32 Å². The fraction of sp³-hybridized carbons (Fsp3) is 0.667. The highest BCUT2D eigenvalue weighted by Gasteiger charge is 2.28. The number of nitrogens with one attached hydrogen (secondary N) is 1. The molecule has 1 aliphatic rings. The van der Waals surface area contributed by atoms with Crippen molar-refractivity contribution in [3.63, 3.8) is 0 Å². The zero-order valence-electron chi connectivity index (χ0n) is 9.25. The largest absolute Gasteiger partial charge is 0.480 e. The van der Waals surface area contributed by atoms with Crippen LogP contribution in [0.3, 0.4) is 0 Å². The van der Waals surface area contributed by atoms with Crippen molar-refractivity contribution in [1.82, 2.24) is 15.5 Å². The van der Waals surface area contributed by atoms with Gasteiger partial charge in [-0.1, -0.05) is 34.9 Å². The third-order valence-electron chi connectivity index (χ3n) is 2.25. The maximum Gasteiger partial charge on any atom is 0.321 e. The lowest BCUT2D eigenvalue weighted by Gasteiger charge is -2.11. The summed E-state index contributed by atoms with van der Waals surface area (Å²) >= 11 is 4.51. The van der Waals surface area contributed by atoms with Crippen molar-refractivity contribution < 1.29 is 9.90 Å². The molecule has 17 heavy (non-hydrogen) atoms. The molecule has 1 atom stereocenters. The number of carboxylic acid groups (broad SMARTS) is 1. The van der Waals surface area contributed by atoms with Gasteiger partial charge in [0.25, 0.3) is 0 Å². The highest BCUT2D eigenvalue weighted by Crippen LogP contribution is 2.28. The fourth-order valence-electron chi connectivity index (χ4n) is 1.22. The van der Waals surface area contributed by atoms with Crippen LogP contribution in [0.2, 0.25) is 0 Å². The smallest absolute Gasteiger partial charge is 0.321 e. The van der Waals surface area contributed by atoms with Gasteiger partial charge in [0, 0.05) is 11.8 Å². The van der Waals surface area contributed by atoms with Crippen LogP contribution in [0, 0.1) is 0 Å². The number of carboxylic acids is 1. The number of aromatic nitrogens is 2. The molecule has 2 N–H and O–H groups in total. The Morgan fingerprint density at radius 3 is 2.82 bits per heavy atom. The van der Waals surface area contributed by atoms with Gasteiger partial charge in [0.1, 0.15) is 6.04 Å². The lowest BCUT2D eigenvalue weighted by molar-refractivity contribution is -0.138. The molecule has 94 valence electrons. The number of carbonyl (C=O) groups is 1. The van der Waals surface area contributed by atoms with E-state index < -0.39 is 12.0 Å². The van der Waals surface area contributed by atoms with E-state index in [0.717, 1.165) is 21.5 Å². The Kier molecular flexibility index (Phi) is 4.66. The predicted octanol–water partition coefficient (Wildman–Crippen LogP) is 1.56. The molecule has 8 heteroatoms. The molecule has 0 saturated heterocycles. The van der Waals surface area contributed by atoms with Crippen LogP contribution in [-0.4, -0.2) is 45.4 Å². The highest BCUT2D eigenvalue weighted by molar-refractivity contribution is 8.03. The van der Waals surface area contributed by atoms with E-state index in [2.05, 4.69) is 15.5 Å². The highest BCUT2D eigenvalue weighted by atomic mass is 32.2. The molecule has 1 fully saturated rings. The molecule has 1 heterocycles. The molecule has 1 saturated carbocycles. The van der Waals surface area contributed by atoms with Crippen LogP contribution in [0.15, 0.2) is 8.68 Å². The van der Waals surface area contributed by atoms with Crippen LogP contribution in [0.5, 0.6) is 0 Å². The van der Waals surface area contributed by atoms with Gasteiger partial charge in [-0.05, 0) is 19.1 Å². The summed E-state index contributed by atoms with van der Waals surface area (Å²) in [5.74, 6) is -0.298. The van der Waals surface area contributed by atoms with E-state index in [9.17, 15) is 4.79 Å². The third kappa shape index (κ3) is 4.13. The molecular formula is C9H13N3O2S3. The predicted molar refractivity (Wildman–Crippen MR) is 70.0 cm³/mol. The summed E-state index contributed by atoms with van der Waals surface area (Å²) in [4.78, 5) is 11.0. The number of hydrogen-bond donors (Lipinski definition) is 2. The van der Waals surface area contributed by atoms with E-state index in [4.69, 9.17) is 5.11 Å². The molecule has 1 aliphatic carbocycles. The van der Waals surface area contributed by atoms with E-state index in [1.807, 2.05) is 6.26 Å². The zero-order valence-corrected chi connectivity index (χ0v) is 11.7. The van der Waals surface area contributed by atoms with Crippen molar-refractivity contribution in [2.45, 2.75) is 33.6 Å². The topological polar surface area (TPSA) is 75.1 Å². The fourth-order valence-corrected chi connectivity index (χ4v) is 3.70. The SMILES string of the molecule is CSc1nnc(SCC(NC2CC2)C(=O)O)s1. The van der Waals surface area contributed by atoms with Gasteiger partial charge in [0.05, 0.1) is 0 Å². The monoisotopic (exact) mass is 291 g/mol. The second-order valence-corrected chi connectivity index (χ2v) is 6.98. The summed E-state index contributed by atoms with van der Waals surface area (Å²) < 4.78 is 1.74. The van der Waals surface area contributed by atoms with Crippen LogP contribution in [0.25, 0.3) is 0 Å². The second kappa shape index (κ2) is 6.03. The first-order valence-corrected chi connectivity index (χ1v) is 8.21. The van der Waals surface area contributed by atoms with Crippen molar-refractivity contribution in [2.24, 2.45) is 0 Å². The van der Waals surface area contributed by atoms with Crippen LogP contribution in [0.1, 0.15) is 12.8 Å². The minimum Gasteiger partial charge on any atom is -0.480 e. The number of hydrogen-bond acceptors (Lipinski definition) is 7. The quantitative estimate of drug-likeness (QED) is 0.738. The molecule has 2 rings (SSSR count). The van der Waals surface area contributed by atoms with Gasteiger partial charge >= 0.3 is 5.97 Å². The molecule has 5 nitrogen and oxygen atoms in total. The van der Waals surface area contributed by atoms with E-state index in [1.54, 1.807) is 11.8 Å². The average molecular weight is 291 g/mol. The standard InChI is InChI=1S/C9H13N3O2S3/c1-15-8-11-12-9(17-8)16-4-6(7(13)14)10-5-2-3-5/h5-6,10H,2-4H2,1H3,(H,13,14). The van der Waals surface area contributed by atoms with Crippen LogP contribution in [0.4, 0.5) is 0 Å². The summed E-state index contributed by atoms with van der Waals surface area (Å²) in [7, 11) is 0. The molecular weight excluding hydrogens is 278 g/mol. The summed E-state index contributed by atoms with van der Waals surface area (Å²) in [6.45, 7) is 0. The van der Waals surface area contributed by atoms with E-state index >= 15 is 0 Å². The maximum atomic E-state index is 11.0. The zero-order chi connectivity index (χ0) is 12.3. The summed E-state index contributed by atoms with van der Waals surface area (Å²) in [5, 5.41) is 20.2. The van der Waals surface area contributed by atoms with E-state index in [1.165, 1.54) is 23.1 Å². The second-order valence-electron chi connectivity index (χ2n) is 3.68. The van der Waals surface area contributed by atoms with E-state index in [0.29, 0.717) is 11.8 Å². The van der Waals surface area contributed by atoms with Crippen molar-refractivity contribution in [2.75, 3.05) is 12.0 Å². The average Bonchev–Trinajstić information content (AvgIpc) is 3.01. The van der Waals surface area contributed by atoms with Gasteiger partial charge in [-0.25, -0.2) is 0 Å². The maximum absolute atomic E-state index is 11.0. The molecule has 1 unspecified atom stereocenters. The minimum atomic E-state index is -0.793. The number of nitrogens with zero attached hydrogens (tertiary/aromatic N) is 2. The van der Waals surface area contributed by atoms with E-state index in [-0.39, 0.29) is 0 Å². The molecule has 0 radical (unpaired) electrons. The lowest BCUT2D eigenvalue weighted by atomic mass is 10.3. The molecule has 1 aromatic heterocycles. The molecule has 0 aromatic carbocycles. The Morgan fingerprint density at radius 1 is 1.59 bits per heavy atom. The van der Waals surface area contributed by atoms with Crippen LogP contribution in [-0.2, 0) is 4.79 Å². The Hall–Kier alpha value is -0.310. The molecule has 0 spiro atoms. The Bertz CT molecular complexity index is 395. The van der Waals surface area contributed by atoms with Crippen molar-refractivity contribution >= 4 is 40.8 Å². The molecule has 0 bridgehead atoms. The summed E-state index contributed by atoms with van der Waals surface area (Å²) in [5.41, 5.74) is 0. The number of aliphatic carboxylic acids is 1. The van der Waals surface area contributed by atoms with Crippen molar-refractivity contribution in [3.8, 4) is 0 Å². The molecule has 0 amide bonds. The first-order valence-electron chi connectivity index (χ1n) is 5.18. The number of rotatable bonds is 7. The third-order valence-corrected chi connectivity index (χ3v) is 5.37. The first-order chi connectivity index (χ1) is 8.19. The summed E-state index contributed by atoms with van der Waals surface area (Å²) in [6, 6.07) is -0.0954. The Labute approximate surface area is 112 Å². The molecule has 1 aromatic rings. The van der Waals surface area contributed by atoms with Gasteiger partial charge in [-0.3, -0.25) is 4.79 Å². The first kappa shape index (κ1) is 13.1. The minimum absolute atomic E-state index is 0.396. The lowest BCUT2D eigenvalue weighted by Crippen LogP contribution is -2.40. The van der Waals surface area contributed by atoms with Crippen LogP contribution >= 0.6 is 34.9 Å². The van der Waals surface area contributed by atoms with Crippen molar-refractivity contribution in [1.29, 1.82) is 0 Å². The van der Waals surface area contributed by atoms with Crippen molar-refractivity contribution in [3.05, 3.63) is 0 Å². The normalized spacial score (nSPS) is 17.0. The van der Waals surface area contributed by atoms with Gasteiger partial charge in [0.15, 0.2) is 8.68 Å². The van der Waals surface area contributed by atoms with Gasteiger partial charge in [0.2, 0.25) is 0 Å². The Morgan fingerprint density at radius 2 is 2.29 bits per heavy atom. The Balaban J connectivity index is 1.83. The van der Waals surface area contributed by atoms with Gasteiger partial charge in [-0.15, -0.1) is 10.2 Å². The van der Waals surface area contributed by atoms with Gasteiger partial charge < -0.3 is 10.4 Å². The summed E-state index contributed by atoms with van der Waals surface area (Å²) in [6.07, 6.45) is 4.12. The molecule has 0 aliphatic heterocycles.